The molecule has 0 atom stereocenters. The number of halogens is 1. The van der Waals surface area contributed by atoms with Crippen molar-refractivity contribution in [3.63, 3.8) is 0 Å². The molecule has 5 nitrogen and oxygen atoms in total. The Bertz CT molecular complexity index is 859. The quantitative estimate of drug-likeness (QED) is 0.461. The summed E-state index contributed by atoms with van der Waals surface area (Å²) in [5.74, 6) is 1.47. The molecule has 0 radical (unpaired) electrons. The molecule has 0 spiro atoms. The van der Waals surface area contributed by atoms with Crippen LogP contribution in [0.15, 0.2) is 59.2 Å². The third kappa shape index (κ3) is 3.35. The number of hydrogen-bond donors (Lipinski definition) is 0. The van der Waals surface area contributed by atoms with Gasteiger partial charge in [-0.15, -0.1) is 0 Å². The van der Waals surface area contributed by atoms with E-state index in [4.69, 9.17) is 20.8 Å². The minimum Gasteiger partial charge on any atom is -0.464 e. The minimum atomic E-state index is -0.464. The Kier molecular flexibility index (Phi) is 4.04. The average molecular weight is 330 g/mol. The molecule has 116 valence electrons. The van der Waals surface area contributed by atoms with Gasteiger partial charge in [-0.3, -0.25) is 10.1 Å². The number of benzene rings is 2. The first kappa shape index (κ1) is 15.1. The lowest BCUT2D eigenvalue weighted by molar-refractivity contribution is -0.384. The second-order valence-electron chi connectivity index (χ2n) is 4.96. The Morgan fingerprint density at radius 1 is 1.17 bits per heavy atom. The number of rotatable bonds is 4. The lowest BCUT2D eigenvalue weighted by Gasteiger charge is -2.10. The van der Waals surface area contributed by atoms with Crippen LogP contribution in [0, 0.1) is 17.0 Å². The van der Waals surface area contributed by atoms with Crippen molar-refractivity contribution in [1.82, 2.24) is 0 Å². The highest BCUT2D eigenvalue weighted by Crippen LogP contribution is 2.34. The van der Waals surface area contributed by atoms with Crippen LogP contribution in [-0.4, -0.2) is 4.92 Å². The molecular weight excluding hydrogens is 318 g/mol. The highest BCUT2D eigenvalue weighted by atomic mass is 35.5. The first-order valence-corrected chi connectivity index (χ1v) is 7.18. The van der Waals surface area contributed by atoms with E-state index in [1.165, 1.54) is 18.4 Å². The van der Waals surface area contributed by atoms with Gasteiger partial charge in [0.1, 0.15) is 17.3 Å². The van der Waals surface area contributed by atoms with Crippen LogP contribution >= 0.6 is 11.6 Å². The summed E-state index contributed by atoms with van der Waals surface area (Å²) in [6.45, 7) is 1.85. The van der Waals surface area contributed by atoms with Crippen LogP contribution in [0.3, 0.4) is 0 Å². The number of non-ortho nitro benzene ring substituents is 1. The number of furan rings is 1. The van der Waals surface area contributed by atoms with Gasteiger partial charge in [-0.25, -0.2) is 0 Å². The Hall–Kier alpha value is -2.79. The summed E-state index contributed by atoms with van der Waals surface area (Å²) in [5.41, 5.74) is 1.34. The third-order valence-electron chi connectivity index (χ3n) is 3.27. The van der Waals surface area contributed by atoms with Crippen LogP contribution in [0.1, 0.15) is 5.56 Å². The van der Waals surface area contributed by atoms with E-state index < -0.39 is 4.92 Å². The Morgan fingerprint density at radius 3 is 2.65 bits per heavy atom. The summed E-state index contributed by atoms with van der Waals surface area (Å²) >= 11 is 5.92. The lowest BCUT2D eigenvalue weighted by atomic mass is 10.1. The summed E-state index contributed by atoms with van der Waals surface area (Å²) in [6, 6.07) is 13.2. The molecule has 0 saturated carbocycles. The molecule has 23 heavy (non-hydrogen) atoms. The van der Waals surface area contributed by atoms with Crippen molar-refractivity contribution in [2.24, 2.45) is 0 Å². The number of nitrogens with zero attached hydrogens (tertiary/aromatic N) is 1. The summed E-state index contributed by atoms with van der Waals surface area (Å²) in [7, 11) is 0. The van der Waals surface area contributed by atoms with E-state index in [9.17, 15) is 10.1 Å². The standard InChI is InChI=1S/C17H12ClNO4/c1-11-7-13(18)4-5-16(11)23-15-9-12(17-3-2-6-22-17)8-14(10-15)19(20)21/h2-10H,1H3. The lowest BCUT2D eigenvalue weighted by Crippen LogP contribution is -1.92. The maximum absolute atomic E-state index is 11.1. The van der Waals surface area contributed by atoms with Crippen molar-refractivity contribution >= 4 is 17.3 Å². The molecule has 0 aliphatic heterocycles. The maximum Gasteiger partial charge on any atom is 0.273 e. The predicted molar refractivity (Wildman–Crippen MR) is 87.1 cm³/mol. The van der Waals surface area contributed by atoms with Crippen LogP contribution in [-0.2, 0) is 0 Å². The van der Waals surface area contributed by atoms with Gasteiger partial charge in [0, 0.05) is 16.7 Å². The molecule has 0 bridgehead atoms. The van der Waals surface area contributed by atoms with Crippen LogP contribution < -0.4 is 4.74 Å². The number of nitro groups is 1. The zero-order valence-corrected chi connectivity index (χ0v) is 12.9. The van der Waals surface area contributed by atoms with Crippen molar-refractivity contribution in [2.45, 2.75) is 6.92 Å². The minimum absolute atomic E-state index is 0.0690. The molecule has 0 aliphatic rings. The first-order valence-electron chi connectivity index (χ1n) is 6.80. The second kappa shape index (κ2) is 6.14. The Labute approximate surface area is 137 Å². The predicted octanol–water partition coefficient (Wildman–Crippen LogP) is 5.61. The van der Waals surface area contributed by atoms with Gasteiger partial charge < -0.3 is 9.15 Å². The largest absolute Gasteiger partial charge is 0.464 e. The van der Waals surface area contributed by atoms with Crippen molar-refractivity contribution < 1.29 is 14.1 Å². The molecule has 0 aliphatic carbocycles. The van der Waals surface area contributed by atoms with Crippen molar-refractivity contribution in [3.8, 4) is 22.8 Å². The smallest absolute Gasteiger partial charge is 0.273 e. The maximum atomic E-state index is 11.1. The van der Waals surface area contributed by atoms with E-state index in [-0.39, 0.29) is 5.69 Å². The summed E-state index contributed by atoms with van der Waals surface area (Å²) < 4.78 is 11.1. The van der Waals surface area contributed by atoms with E-state index in [0.717, 1.165) is 5.56 Å². The van der Waals surface area contributed by atoms with Crippen molar-refractivity contribution in [1.29, 1.82) is 0 Å². The van der Waals surface area contributed by atoms with Crippen LogP contribution in [0.4, 0.5) is 5.69 Å². The fourth-order valence-electron chi connectivity index (χ4n) is 2.19. The molecule has 1 aromatic heterocycles. The van der Waals surface area contributed by atoms with Gasteiger partial charge in [0.2, 0.25) is 0 Å². The van der Waals surface area contributed by atoms with Gasteiger partial charge in [-0.1, -0.05) is 11.6 Å². The summed E-state index contributed by atoms with van der Waals surface area (Å²) in [4.78, 5) is 10.7. The molecule has 0 fully saturated rings. The topological polar surface area (TPSA) is 65.5 Å². The molecule has 0 N–H and O–H groups in total. The molecule has 3 rings (SSSR count). The van der Waals surface area contributed by atoms with Gasteiger partial charge >= 0.3 is 0 Å². The molecule has 0 saturated heterocycles. The SMILES string of the molecule is Cc1cc(Cl)ccc1Oc1cc(-c2ccco2)cc([N+](=O)[O-])c1. The Balaban J connectivity index is 2.02. The van der Waals surface area contributed by atoms with E-state index >= 15 is 0 Å². The molecule has 3 aromatic rings. The molecular formula is C17H12ClNO4. The summed E-state index contributed by atoms with van der Waals surface area (Å²) in [5, 5.41) is 11.7. The van der Waals surface area contributed by atoms with Gasteiger partial charge in [0.05, 0.1) is 17.3 Å². The average Bonchev–Trinajstić information content (AvgIpc) is 3.04. The van der Waals surface area contributed by atoms with Crippen LogP contribution in [0.2, 0.25) is 5.02 Å². The molecule has 1 heterocycles. The zero-order chi connectivity index (χ0) is 16.4. The van der Waals surface area contributed by atoms with Gasteiger partial charge in [-0.2, -0.15) is 0 Å². The third-order valence-corrected chi connectivity index (χ3v) is 3.51. The fraction of sp³-hybridized carbons (Fsp3) is 0.0588. The normalized spacial score (nSPS) is 10.5. The number of nitro benzene ring substituents is 1. The zero-order valence-electron chi connectivity index (χ0n) is 12.2. The van der Waals surface area contributed by atoms with Crippen molar-refractivity contribution in [2.75, 3.05) is 0 Å². The summed E-state index contributed by atoms with van der Waals surface area (Å²) in [6.07, 6.45) is 1.51. The van der Waals surface area contributed by atoms with E-state index in [0.29, 0.717) is 27.8 Å². The number of hydrogen-bond acceptors (Lipinski definition) is 4. The van der Waals surface area contributed by atoms with E-state index in [2.05, 4.69) is 0 Å². The highest BCUT2D eigenvalue weighted by molar-refractivity contribution is 6.30. The van der Waals surface area contributed by atoms with Crippen molar-refractivity contribution in [3.05, 3.63) is 75.5 Å². The number of aryl methyl sites for hydroxylation is 1. The van der Waals surface area contributed by atoms with E-state index in [1.807, 2.05) is 6.92 Å². The second-order valence-corrected chi connectivity index (χ2v) is 5.40. The van der Waals surface area contributed by atoms with Gasteiger partial charge in [0.15, 0.2) is 0 Å². The molecule has 0 amide bonds. The molecule has 2 aromatic carbocycles. The molecule has 0 unspecified atom stereocenters. The van der Waals surface area contributed by atoms with Gasteiger partial charge in [0.25, 0.3) is 5.69 Å². The fourth-order valence-corrected chi connectivity index (χ4v) is 2.41. The van der Waals surface area contributed by atoms with Gasteiger partial charge in [-0.05, 0) is 48.9 Å². The first-order chi connectivity index (χ1) is 11.0. The number of ether oxygens (including phenoxy) is 1. The molecule has 6 heteroatoms. The monoisotopic (exact) mass is 329 g/mol. The Morgan fingerprint density at radius 2 is 2.00 bits per heavy atom. The van der Waals surface area contributed by atoms with E-state index in [1.54, 1.807) is 36.4 Å². The van der Waals surface area contributed by atoms with Crippen LogP contribution in [0.5, 0.6) is 11.5 Å². The highest BCUT2D eigenvalue weighted by Gasteiger charge is 2.14. The van der Waals surface area contributed by atoms with Crippen LogP contribution in [0.25, 0.3) is 11.3 Å².